The van der Waals surface area contributed by atoms with Crippen LogP contribution in [0.1, 0.15) is 16.8 Å². The van der Waals surface area contributed by atoms with Gasteiger partial charge in [0.1, 0.15) is 0 Å². The van der Waals surface area contributed by atoms with E-state index in [9.17, 15) is 0 Å². The van der Waals surface area contributed by atoms with E-state index in [1.165, 1.54) is 11.1 Å². The Bertz CT molecular complexity index is 273. The molecular formula is C9H13NO3. The van der Waals surface area contributed by atoms with E-state index in [0.29, 0.717) is 0 Å². The number of aryl methyl sites for hydroxylation is 2. The van der Waals surface area contributed by atoms with E-state index in [-0.39, 0.29) is 0 Å². The molecule has 0 saturated heterocycles. The lowest BCUT2D eigenvalue weighted by molar-refractivity contribution is 0.137. The maximum absolute atomic E-state index is 8.56. The molecule has 4 heteroatoms. The Morgan fingerprint density at radius 3 is 2.08 bits per heavy atom. The Balaban J connectivity index is 0.000000310. The molecule has 72 valence electrons. The van der Waals surface area contributed by atoms with Crippen LogP contribution in [-0.2, 0) is 0 Å². The lowest BCUT2D eigenvalue weighted by atomic mass is 10.1. The molecule has 0 aliphatic rings. The molecule has 1 aromatic heterocycles. The van der Waals surface area contributed by atoms with Gasteiger partial charge in [0.05, 0.1) is 0 Å². The van der Waals surface area contributed by atoms with Crippen LogP contribution in [0.15, 0.2) is 12.3 Å². The van der Waals surface area contributed by atoms with Gasteiger partial charge in [0.2, 0.25) is 0 Å². The van der Waals surface area contributed by atoms with Gasteiger partial charge in [0, 0.05) is 11.9 Å². The molecule has 0 radical (unpaired) electrons. The molecule has 0 unspecified atom stereocenters. The zero-order valence-electron chi connectivity index (χ0n) is 7.90. The van der Waals surface area contributed by atoms with Gasteiger partial charge in [-0.3, -0.25) is 4.98 Å². The van der Waals surface area contributed by atoms with Crippen LogP contribution in [0.5, 0.6) is 0 Å². The average molecular weight is 183 g/mol. The second-order valence-corrected chi connectivity index (χ2v) is 2.62. The van der Waals surface area contributed by atoms with Gasteiger partial charge < -0.3 is 10.2 Å². The lowest BCUT2D eigenvalue weighted by Gasteiger charge is -1.99. The summed E-state index contributed by atoms with van der Waals surface area (Å²) in [7, 11) is 0. The third-order valence-electron chi connectivity index (χ3n) is 1.73. The lowest BCUT2D eigenvalue weighted by Crippen LogP contribution is -1.87. The Morgan fingerprint density at radius 2 is 1.77 bits per heavy atom. The van der Waals surface area contributed by atoms with Gasteiger partial charge in [0.25, 0.3) is 0 Å². The number of pyridine rings is 1. The van der Waals surface area contributed by atoms with Crippen LogP contribution in [0.2, 0.25) is 0 Å². The molecule has 0 aromatic carbocycles. The normalized spacial score (nSPS) is 8.54. The number of hydrogen-bond donors (Lipinski definition) is 2. The summed E-state index contributed by atoms with van der Waals surface area (Å²) < 4.78 is 0. The van der Waals surface area contributed by atoms with Crippen molar-refractivity contribution in [2.45, 2.75) is 20.8 Å². The number of hydrogen-bond acceptors (Lipinski definition) is 2. The molecular weight excluding hydrogens is 170 g/mol. The summed E-state index contributed by atoms with van der Waals surface area (Å²) in [4.78, 5) is 12.7. The van der Waals surface area contributed by atoms with Gasteiger partial charge in [0.15, 0.2) is 0 Å². The van der Waals surface area contributed by atoms with Crippen molar-refractivity contribution in [1.29, 1.82) is 0 Å². The number of rotatable bonds is 0. The number of carbonyl (C=O) groups is 1. The minimum atomic E-state index is -1.83. The van der Waals surface area contributed by atoms with Crippen molar-refractivity contribution in [2.75, 3.05) is 0 Å². The second kappa shape index (κ2) is 5.13. The van der Waals surface area contributed by atoms with Crippen molar-refractivity contribution in [3.63, 3.8) is 0 Å². The summed E-state index contributed by atoms with van der Waals surface area (Å²) in [6.07, 6.45) is 0.0116. The standard InChI is InChI=1S/C8H11N.CH2O3/c1-6-4-5-9-8(3)7(6)2;2-1(3)4/h4-5H,1-3H3;(H2,2,3,4). The van der Waals surface area contributed by atoms with E-state index in [4.69, 9.17) is 15.0 Å². The third kappa shape index (κ3) is 4.79. The molecule has 1 rings (SSSR count). The Labute approximate surface area is 76.9 Å². The highest BCUT2D eigenvalue weighted by Crippen LogP contribution is 2.06. The minimum absolute atomic E-state index is 1.13. The highest BCUT2D eigenvalue weighted by Gasteiger charge is 1.93. The molecule has 0 saturated carbocycles. The van der Waals surface area contributed by atoms with Crippen molar-refractivity contribution < 1.29 is 15.0 Å². The second-order valence-electron chi connectivity index (χ2n) is 2.62. The van der Waals surface area contributed by atoms with E-state index < -0.39 is 6.16 Å². The van der Waals surface area contributed by atoms with Crippen LogP contribution >= 0.6 is 0 Å². The molecule has 0 amide bonds. The molecule has 0 aliphatic heterocycles. The fourth-order valence-electron chi connectivity index (χ4n) is 0.768. The summed E-state index contributed by atoms with van der Waals surface area (Å²) in [6.45, 7) is 6.23. The Morgan fingerprint density at radius 1 is 1.31 bits per heavy atom. The first kappa shape index (κ1) is 11.4. The van der Waals surface area contributed by atoms with Gasteiger partial charge in [-0.2, -0.15) is 0 Å². The van der Waals surface area contributed by atoms with Crippen LogP contribution in [0.3, 0.4) is 0 Å². The summed E-state index contributed by atoms with van der Waals surface area (Å²) in [5, 5.41) is 13.9. The minimum Gasteiger partial charge on any atom is -0.450 e. The van der Waals surface area contributed by atoms with Crippen molar-refractivity contribution in [3.8, 4) is 0 Å². The van der Waals surface area contributed by atoms with E-state index in [0.717, 1.165) is 5.69 Å². The van der Waals surface area contributed by atoms with Crippen LogP contribution in [-0.4, -0.2) is 21.4 Å². The van der Waals surface area contributed by atoms with Crippen molar-refractivity contribution >= 4 is 6.16 Å². The van der Waals surface area contributed by atoms with Crippen LogP contribution in [0.25, 0.3) is 0 Å². The van der Waals surface area contributed by atoms with Crippen LogP contribution in [0, 0.1) is 20.8 Å². The quantitative estimate of drug-likeness (QED) is 0.647. The zero-order chi connectivity index (χ0) is 10.4. The third-order valence-corrected chi connectivity index (χ3v) is 1.73. The fraction of sp³-hybridized carbons (Fsp3) is 0.333. The molecule has 1 aromatic rings. The number of carboxylic acid groups (broad SMARTS) is 2. The largest absolute Gasteiger partial charge is 0.503 e. The monoisotopic (exact) mass is 183 g/mol. The SMILES string of the molecule is Cc1ccnc(C)c1C.O=C(O)O. The summed E-state index contributed by atoms with van der Waals surface area (Å²) in [6, 6.07) is 2.03. The first-order chi connectivity index (χ1) is 5.95. The molecule has 0 atom stereocenters. The van der Waals surface area contributed by atoms with Gasteiger partial charge >= 0.3 is 6.16 Å². The summed E-state index contributed by atoms with van der Waals surface area (Å²) in [5.74, 6) is 0. The van der Waals surface area contributed by atoms with Crippen molar-refractivity contribution in [1.82, 2.24) is 4.98 Å². The molecule has 13 heavy (non-hydrogen) atoms. The van der Waals surface area contributed by atoms with Gasteiger partial charge in [-0.1, -0.05) is 0 Å². The average Bonchev–Trinajstić information content (AvgIpc) is 1.99. The maximum Gasteiger partial charge on any atom is 0.503 e. The summed E-state index contributed by atoms with van der Waals surface area (Å²) >= 11 is 0. The first-order valence-corrected chi connectivity index (χ1v) is 3.76. The molecule has 0 fully saturated rings. The van der Waals surface area contributed by atoms with E-state index in [1.54, 1.807) is 0 Å². The molecule has 2 N–H and O–H groups in total. The van der Waals surface area contributed by atoms with Gasteiger partial charge in [-0.25, -0.2) is 4.79 Å². The van der Waals surface area contributed by atoms with Crippen LogP contribution in [0.4, 0.5) is 4.79 Å². The zero-order valence-corrected chi connectivity index (χ0v) is 7.90. The van der Waals surface area contributed by atoms with Gasteiger partial charge in [-0.15, -0.1) is 0 Å². The predicted molar refractivity (Wildman–Crippen MR) is 49.1 cm³/mol. The topological polar surface area (TPSA) is 70.4 Å². The van der Waals surface area contributed by atoms with Gasteiger partial charge in [-0.05, 0) is 38.0 Å². The summed E-state index contributed by atoms with van der Waals surface area (Å²) in [5.41, 5.74) is 3.76. The highest BCUT2D eigenvalue weighted by molar-refractivity contribution is 5.53. The Hall–Kier alpha value is -1.58. The van der Waals surface area contributed by atoms with Crippen molar-refractivity contribution in [3.05, 3.63) is 29.1 Å². The van der Waals surface area contributed by atoms with E-state index in [2.05, 4.69) is 18.8 Å². The smallest absolute Gasteiger partial charge is 0.450 e. The van der Waals surface area contributed by atoms with Crippen molar-refractivity contribution in [2.24, 2.45) is 0 Å². The molecule has 4 nitrogen and oxygen atoms in total. The molecule has 1 heterocycles. The molecule has 0 bridgehead atoms. The number of nitrogens with zero attached hydrogens (tertiary/aromatic N) is 1. The first-order valence-electron chi connectivity index (χ1n) is 3.76. The Kier molecular flexibility index (Phi) is 4.51. The highest BCUT2D eigenvalue weighted by atomic mass is 16.6. The molecule has 0 aliphatic carbocycles. The number of aromatic nitrogens is 1. The van der Waals surface area contributed by atoms with E-state index in [1.807, 2.05) is 19.2 Å². The molecule has 0 spiro atoms. The van der Waals surface area contributed by atoms with E-state index >= 15 is 0 Å². The maximum atomic E-state index is 8.56. The van der Waals surface area contributed by atoms with Crippen LogP contribution < -0.4 is 0 Å². The fourth-order valence-corrected chi connectivity index (χ4v) is 0.768. The predicted octanol–water partition coefficient (Wildman–Crippen LogP) is 2.23.